The van der Waals surface area contributed by atoms with Gasteiger partial charge in [-0.2, -0.15) is 0 Å². The minimum atomic E-state index is -0.300. The van der Waals surface area contributed by atoms with Crippen molar-refractivity contribution in [2.24, 2.45) is 14.1 Å². The molecule has 1 aromatic heterocycles. The second-order valence-electron chi connectivity index (χ2n) is 7.68. The summed E-state index contributed by atoms with van der Waals surface area (Å²) in [5.74, 6) is 1.34. The molecule has 2 aromatic rings. The zero-order chi connectivity index (χ0) is 21.7. The molecule has 0 N–H and O–H groups in total. The Labute approximate surface area is 176 Å². The van der Waals surface area contributed by atoms with Crippen molar-refractivity contribution in [1.82, 2.24) is 14.0 Å². The van der Waals surface area contributed by atoms with Gasteiger partial charge in [-0.1, -0.05) is 12.1 Å². The van der Waals surface area contributed by atoms with Crippen LogP contribution in [0.4, 0.5) is 5.82 Å². The Balaban J connectivity index is 1.43. The SMILES string of the molecule is CC(=O)c1ccccc1OCCCCN1CCN(c2cc(=O)n(C)c(=O)n2C)CC1. The van der Waals surface area contributed by atoms with E-state index in [2.05, 4.69) is 9.80 Å². The second-order valence-corrected chi connectivity index (χ2v) is 7.68. The van der Waals surface area contributed by atoms with Gasteiger partial charge in [0, 0.05) is 46.3 Å². The molecule has 0 saturated carbocycles. The highest BCUT2D eigenvalue weighted by Gasteiger charge is 2.20. The standard InChI is InChI=1S/C22H30N4O4/c1-17(27)18-8-4-5-9-19(18)30-15-7-6-10-25-11-13-26(14-12-25)20-16-21(28)24(3)22(29)23(20)2/h4-5,8-9,16H,6-7,10-15H2,1-3H3. The van der Waals surface area contributed by atoms with Gasteiger partial charge < -0.3 is 9.64 Å². The molecule has 1 aromatic carbocycles. The lowest BCUT2D eigenvalue weighted by Gasteiger charge is -2.36. The maximum atomic E-state index is 12.1. The van der Waals surface area contributed by atoms with E-state index in [4.69, 9.17) is 4.74 Å². The first-order valence-corrected chi connectivity index (χ1v) is 10.4. The number of anilines is 1. The lowest BCUT2D eigenvalue weighted by atomic mass is 10.1. The molecule has 8 heteroatoms. The Hall–Kier alpha value is -2.87. The highest BCUT2D eigenvalue weighted by molar-refractivity contribution is 5.96. The fourth-order valence-corrected chi connectivity index (χ4v) is 3.73. The number of aromatic nitrogens is 2. The molecule has 1 saturated heterocycles. The fourth-order valence-electron chi connectivity index (χ4n) is 3.73. The van der Waals surface area contributed by atoms with E-state index < -0.39 is 0 Å². The Bertz CT molecular complexity index is 1000. The maximum Gasteiger partial charge on any atom is 0.332 e. The van der Waals surface area contributed by atoms with Crippen molar-refractivity contribution in [2.45, 2.75) is 19.8 Å². The zero-order valence-electron chi connectivity index (χ0n) is 18.0. The summed E-state index contributed by atoms with van der Waals surface area (Å²) in [5.41, 5.74) is 0.0481. The monoisotopic (exact) mass is 414 g/mol. The van der Waals surface area contributed by atoms with Crippen LogP contribution in [0.25, 0.3) is 0 Å². The molecule has 1 fully saturated rings. The van der Waals surface area contributed by atoms with E-state index in [0.29, 0.717) is 23.7 Å². The topological polar surface area (TPSA) is 76.8 Å². The maximum absolute atomic E-state index is 12.1. The Kier molecular flexibility index (Phi) is 7.10. The molecule has 0 spiro atoms. The van der Waals surface area contributed by atoms with Gasteiger partial charge in [0.05, 0.1) is 12.2 Å². The van der Waals surface area contributed by atoms with Gasteiger partial charge in [0.1, 0.15) is 11.6 Å². The molecule has 162 valence electrons. The minimum Gasteiger partial charge on any atom is -0.493 e. The van der Waals surface area contributed by atoms with Crippen molar-refractivity contribution in [3.05, 3.63) is 56.7 Å². The summed E-state index contributed by atoms with van der Waals surface area (Å²) < 4.78 is 8.45. The van der Waals surface area contributed by atoms with E-state index in [1.807, 2.05) is 18.2 Å². The van der Waals surface area contributed by atoms with Crippen molar-refractivity contribution in [3.8, 4) is 5.75 Å². The van der Waals surface area contributed by atoms with Crippen LogP contribution >= 0.6 is 0 Å². The lowest BCUT2D eigenvalue weighted by Crippen LogP contribution is -2.49. The summed E-state index contributed by atoms with van der Waals surface area (Å²) in [6, 6.07) is 8.87. The van der Waals surface area contributed by atoms with Crippen LogP contribution in [0, 0.1) is 0 Å². The van der Waals surface area contributed by atoms with Gasteiger partial charge in [-0.25, -0.2) is 4.79 Å². The lowest BCUT2D eigenvalue weighted by molar-refractivity contribution is 0.101. The van der Waals surface area contributed by atoms with Crippen molar-refractivity contribution < 1.29 is 9.53 Å². The van der Waals surface area contributed by atoms with Gasteiger partial charge in [0.25, 0.3) is 5.56 Å². The number of hydrogen-bond donors (Lipinski definition) is 0. The minimum absolute atomic E-state index is 0.0113. The molecule has 0 bridgehead atoms. The molecule has 3 rings (SSSR count). The van der Waals surface area contributed by atoms with Crippen LogP contribution in [-0.2, 0) is 14.1 Å². The predicted octanol–water partition coefficient (Wildman–Crippen LogP) is 1.27. The summed E-state index contributed by atoms with van der Waals surface area (Å²) in [7, 11) is 3.20. The number of benzene rings is 1. The predicted molar refractivity (Wildman–Crippen MR) is 117 cm³/mol. The van der Waals surface area contributed by atoms with Crippen LogP contribution in [0.5, 0.6) is 5.75 Å². The third-order valence-corrected chi connectivity index (χ3v) is 5.59. The molecule has 8 nitrogen and oxygen atoms in total. The highest BCUT2D eigenvalue weighted by Crippen LogP contribution is 2.19. The quantitative estimate of drug-likeness (QED) is 0.478. The average molecular weight is 415 g/mol. The molecule has 0 atom stereocenters. The molecular formula is C22H30N4O4. The zero-order valence-corrected chi connectivity index (χ0v) is 18.0. The molecule has 0 radical (unpaired) electrons. The molecule has 0 unspecified atom stereocenters. The van der Waals surface area contributed by atoms with Crippen molar-refractivity contribution >= 4 is 11.6 Å². The van der Waals surface area contributed by atoms with Crippen LogP contribution in [0.15, 0.2) is 39.9 Å². The number of ether oxygens (including phenoxy) is 1. The average Bonchev–Trinajstić information content (AvgIpc) is 2.75. The molecule has 30 heavy (non-hydrogen) atoms. The van der Waals surface area contributed by atoms with Crippen molar-refractivity contribution in [2.75, 3.05) is 44.2 Å². The van der Waals surface area contributed by atoms with Crippen LogP contribution in [0.3, 0.4) is 0 Å². The fraction of sp³-hybridized carbons (Fsp3) is 0.500. The molecule has 0 amide bonds. The summed E-state index contributed by atoms with van der Waals surface area (Å²) in [5, 5.41) is 0. The van der Waals surface area contributed by atoms with E-state index in [9.17, 15) is 14.4 Å². The van der Waals surface area contributed by atoms with Crippen LogP contribution < -0.4 is 20.9 Å². The van der Waals surface area contributed by atoms with Gasteiger partial charge in [-0.05, 0) is 38.4 Å². The van der Waals surface area contributed by atoms with Crippen molar-refractivity contribution in [3.63, 3.8) is 0 Å². The number of piperazine rings is 1. The Morgan fingerprint density at radius 1 is 1.00 bits per heavy atom. The summed E-state index contributed by atoms with van der Waals surface area (Å²) >= 11 is 0. The number of rotatable bonds is 8. The second kappa shape index (κ2) is 9.75. The first-order valence-electron chi connectivity index (χ1n) is 10.4. The van der Waals surface area contributed by atoms with Crippen LogP contribution in [0.1, 0.15) is 30.1 Å². The smallest absolute Gasteiger partial charge is 0.332 e. The normalized spacial score (nSPS) is 14.7. The van der Waals surface area contributed by atoms with Gasteiger partial charge >= 0.3 is 5.69 Å². The third kappa shape index (κ3) is 4.99. The molecular weight excluding hydrogens is 384 g/mol. The third-order valence-electron chi connectivity index (χ3n) is 5.59. The Morgan fingerprint density at radius 2 is 1.70 bits per heavy atom. The van der Waals surface area contributed by atoms with Gasteiger partial charge in [0.2, 0.25) is 0 Å². The summed E-state index contributed by atoms with van der Waals surface area (Å²) in [6.45, 7) is 6.44. The molecule has 0 aliphatic carbocycles. The number of ketones is 1. The van der Waals surface area contributed by atoms with Crippen LogP contribution in [-0.4, -0.2) is 59.1 Å². The summed E-state index contributed by atoms with van der Waals surface area (Å²) in [4.78, 5) is 40.2. The first kappa shape index (κ1) is 21.8. The van der Waals surface area contributed by atoms with Crippen LogP contribution in [0.2, 0.25) is 0 Å². The largest absolute Gasteiger partial charge is 0.493 e. The van der Waals surface area contributed by atoms with E-state index in [0.717, 1.165) is 50.1 Å². The van der Waals surface area contributed by atoms with E-state index in [-0.39, 0.29) is 17.0 Å². The number of nitrogens with zero attached hydrogens (tertiary/aromatic N) is 4. The molecule has 1 aliphatic rings. The summed E-state index contributed by atoms with van der Waals surface area (Å²) in [6.07, 6.45) is 1.92. The number of carbonyl (C=O) groups is 1. The molecule has 1 aliphatic heterocycles. The number of carbonyl (C=O) groups excluding carboxylic acids is 1. The van der Waals surface area contributed by atoms with E-state index >= 15 is 0 Å². The van der Waals surface area contributed by atoms with Gasteiger partial charge in [-0.15, -0.1) is 0 Å². The van der Waals surface area contributed by atoms with Gasteiger partial charge in [-0.3, -0.25) is 23.6 Å². The van der Waals surface area contributed by atoms with E-state index in [1.165, 1.54) is 17.7 Å². The van der Waals surface area contributed by atoms with E-state index in [1.54, 1.807) is 20.0 Å². The first-order chi connectivity index (χ1) is 14.4. The molecule has 2 heterocycles. The van der Waals surface area contributed by atoms with Gasteiger partial charge in [0.15, 0.2) is 5.78 Å². The number of hydrogen-bond acceptors (Lipinski definition) is 6. The Morgan fingerprint density at radius 3 is 2.40 bits per heavy atom. The number of Topliss-reactive ketones (excluding diaryl/α,β-unsaturated/α-hetero) is 1. The van der Waals surface area contributed by atoms with Crippen molar-refractivity contribution in [1.29, 1.82) is 0 Å². The number of para-hydroxylation sites is 1. The highest BCUT2D eigenvalue weighted by atomic mass is 16.5. The number of unbranched alkanes of at least 4 members (excludes halogenated alkanes) is 1.